The van der Waals surface area contributed by atoms with Gasteiger partial charge in [0.05, 0.1) is 14.1 Å². The molecule has 3 N–H and O–H groups in total. The van der Waals surface area contributed by atoms with Crippen molar-refractivity contribution < 1.29 is 14.9 Å². The van der Waals surface area contributed by atoms with Crippen LogP contribution in [-0.2, 0) is 11.3 Å². The maximum Gasteiger partial charge on any atom is 0.270 e. The quantitative estimate of drug-likeness (QED) is 0.373. The number of rotatable bonds is 4. The van der Waals surface area contributed by atoms with Crippen LogP contribution in [0.1, 0.15) is 5.56 Å². The molecule has 0 aliphatic rings. The van der Waals surface area contributed by atoms with E-state index < -0.39 is 5.91 Å². The van der Waals surface area contributed by atoms with Crippen molar-refractivity contribution >= 4 is 17.8 Å². The Labute approximate surface area is 94.4 Å². The molecule has 1 rings (SSSR count). The van der Waals surface area contributed by atoms with Crippen LogP contribution in [0.4, 0.5) is 5.69 Å². The molecule has 0 aliphatic carbocycles. The molecule has 0 unspecified atom stereocenters. The fraction of sp³-hybridized carbons (Fsp3) is 0.273. The third kappa shape index (κ3) is 4.10. The van der Waals surface area contributed by atoms with Crippen molar-refractivity contribution in [3.8, 4) is 0 Å². The van der Waals surface area contributed by atoms with Crippen molar-refractivity contribution in [1.82, 2.24) is 0 Å². The molecule has 0 aromatic heterocycles. The van der Waals surface area contributed by atoms with Gasteiger partial charge in [-0.15, -0.1) is 0 Å². The predicted octanol–water partition coefficient (Wildman–Crippen LogP) is -0.270. The van der Waals surface area contributed by atoms with Crippen LogP contribution < -0.4 is 10.2 Å². The molecule has 0 heterocycles. The molecule has 0 saturated carbocycles. The molecular weight excluding hydrogens is 206 g/mol. The SMILES string of the molecule is C[NH+](C)Cc1cccc(NC(=O)/C=N\O)c1. The Bertz CT molecular complexity index is 389. The summed E-state index contributed by atoms with van der Waals surface area (Å²) in [6.45, 7) is 0.887. The zero-order valence-electron chi connectivity index (χ0n) is 9.40. The lowest BCUT2D eigenvalue weighted by Gasteiger charge is -2.08. The third-order valence-corrected chi connectivity index (χ3v) is 1.93. The maximum atomic E-state index is 11.1. The summed E-state index contributed by atoms with van der Waals surface area (Å²) in [5, 5.41) is 13.5. The van der Waals surface area contributed by atoms with Crippen LogP contribution in [0, 0.1) is 0 Å². The van der Waals surface area contributed by atoms with E-state index in [-0.39, 0.29) is 0 Å². The van der Waals surface area contributed by atoms with Crippen molar-refractivity contribution in [3.63, 3.8) is 0 Å². The fourth-order valence-electron chi connectivity index (χ4n) is 1.39. The Morgan fingerprint density at radius 1 is 1.56 bits per heavy atom. The topological polar surface area (TPSA) is 66.1 Å². The van der Waals surface area contributed by atoms with Crippen molar-refractivity contribution in [2.24, 2.45) is 5.16 Å². The van der Waals surface area contributed by atoms with Crippen LogP contribution >= 0.6 is 0 Å². The van der Waals surface area contributed by atoms with Crippen LogP contribution in [-0.4, -0.2) is 31.4 Å². The molecule has 86 valence electrons. The van der Waals surface area contributed by atoms with Gasteiger partial charge in [-0.1, -0.05) is 17.3 Å². The Kier molecular flexibility index (Phi) is 4.47. The van der Waals surface area contributed by atoms with Gasteiger partial charge in [0.25, 0.3) is 5.91 Å². The number of carbonyl (C=O) groups excluding carboxylic acids is 1. The summed E-state index contributed by atoms with van der Waals surface area (Å²) in [5.74, 6) is -0.447. The van der Waals surface area contributed by atoms with Crippen LogP contribution in [0.25, 0.3) is 0 Å². The molecule has 0 spiro atoms. The molecule has 0 fully saturated rings. The second kappa shape index (κ2) is 5.87. The minimum Gasteiger partial charge on any atom is -0.411 e. The number of oxime groups is 1. The summed E-state index contributed by atoms with van der Waals surface area (Å²) >= 11 is 0. The summed E-state index contributed by atoms with van der Waals surface area (Å²) in [6.07, 6.45) is 0.823. The highest BCUT2D eigenvalue weighted by atomic mass is 16.4. The lowest BCUT2D eigenvalue weighted by Crippen LogP contribution is -3.04. The van der Waals surface area contributed by atoms with Gasteiger partial charge in [-0.2, -0.15) is 0 Å². The van der Waals surface area contributed by atoms with Crippen molar-refractivity contribution in [2.45, 2.75) is 6.54 Å². The maximum absolute atomic E-state index is 11.1. The highest BCUT2D eigenvalue weighted by Crippen LogP contribution is 2.09. The third-order valence-electron chi connectivity index (χ3n) is 1.93. The summed E-state index contributed by atoms with van der Waals surface area (Å²) in [4.78, 5) is 12.4. The number of benzene rings is 1. The second-order valence-corrected chi connectivity index (χ2v) is 3.82. The number of carbonyl (C=O) groups is 1. The van der Waals surface area contributed by atoms with Crippen LogP contribution in [0.5, 0.6) is 0 Å². The van der Waals surface area contributed by atoms with E-state index in [1.54, 1.807) is 6.07 Å². The molecule has 0 bridgehead atoms. The lowest BCUT2D eigenvalue weighted by atomic mass is 10.2. The Morgan fingerprint density at radius 3 is 2.94 bits per heavy atom. The highest BCUT2D eigenvalue weighted by molar-refractivity contribution is 6.31. The van der Waals surface area contributed by atoms with E-state index in [0.717, 1.165) is 18.3 Å². The Balaban J connectivity index is 2.70. The molecule has 5 nitrogen and oxygen atoms in total. The van der Waals surface area contributed by atoms with Gasteiger partial charge in [0.1, 0.15) is 12.8 Å². The summed E-state index contributed by atoms with van der Waals surface area (Å²) in [6, 6.07) is 7.57. The number of amides is 1. The van der Waals surface area contributed by atoms with E-state index in [1.807, 2.05) is 18.2 Å². The van der Waals surface area contributed by atoms with Crippen molar-refractivity contribution in [3.05, 3.63) is 29.8 Å². The van der Waals surface area contributed by atoms with Gasteiger partial charge in [0.15, 0.2) is 0 Å². The largest absolute Gasteiger partial charge is 0.411 e. The minimum absolute atomic E-state index is 0.447. The van der Waals surface area contributed by atoms with Gasteiger partial charge in [0.2, 0.25) is 0 Å². The molecule has 5 heteroatoms. The number of nitrogens with zero attached hydrogens (tertiary/aromatic N) is 1. The smallest absolute Gasteiger partial charge is 0.270 e. The van der Waals surface area contributed by atoms with Crippen molar-refractivity contribution in [1.29, 1.82) is 0 Å². The molecule has 16 heavy (non-hydrogen) atoms. The molecule has 1 aromatic carbocycles. The minimum atomic E-state index is -0.447. The first-order valence-electron chi connectivity index (χ1n) is 4.98. The number of nitrogens with one attached hydrogen (secondary N) is 2. The van der Waals surface area contributed by atoms with E-state index >= 15 is 0 Å². The fourth-order valence-corrected chi connectivity index (χ4v) is 1.39. The first-order valence-corrected chi connectivity index (χ1v) is 4.98. The first kappa shape index (κ1) is 12.2. The summed E-state index contributed by atoms with van der Waals surface area (Å²) < 4.78 is 0. The van der Waals surface area contributed by atoms with E-state index in [4.69, 9.17) is 5.21 Å². The Hall–Kier alpha value is -1.88. The van der Waals surface area contributed by atoms with Gasteiger partial charge in [0, 0.05) is 11.3 Å². The standard InChI is InChI=1S/C11H15N3O2/c1-14(2)8-9-4-3-5-10(6-9)13-11(15)7-12-16/h3-7,16H,8H2,1-2H3,(H,13,15)/p+1/b12-7-. The van der Waals surface area contributed by atoms with Crippen LogP contribution in [0.3, 0.4) is 0 Å². The van der Waals surface area contributed by atoms with Gasteiger partial charge in [-0.25, -0.2) is 0 Å². The molecule has 0 saturated heterocycles. The van der Waals surface area contributed by atoms with Crippen LogP contribution in [0.2, 0.25) is 0 Å². The predicted molar refractivity (Wildman–Crippen MR) is 61.9 cm³/mol. The first-order chi connectivity index (χ1) is 7.61. The van der Waals surface area contributed by atoms with E-state index in [1.165, 1.54) is 4.90 Å². The zero-order chi connectivity index (χ0) is 12.0. The normalized spacial score (nSPS) is 10.9. The van der Waals surface area contributed by atoms with Gasteiger partial charge in [-0.3, -0.25) is 4.79 Å². The van der Waals surface area contributed by atoms with E-state index in [2.05, 4.69) is 24.6 Å². The lowest BCUT2D eigenvalue weighted by molar-refractivity contribution is -0.872. The van der Waals surface area contributed by atoms with E-state index in [0.29, 0.717) is 5.69 Å². The van der Waals surface area contributed by atoms with Crippen molar-refractivity contribution in [2.75, 3.05) is 19.4 Å². The zero-order valence-corrected chi connectivity index (χ0v) is 9.40. The molecule has 0 atom stereocenters. The Morgan fingerprint density at radius 2 is 2.31 bits per heavy atom. The van der Waals surface area contributed by atoms with Gasteiger partial charge < -0.3 is 15.4 Å². The molecule has 1 aromatic rings. The number of hydrogen-bond donors (Lipinski definition) is 3. The monoisotopic (exact) mass is 222 g/mol. The molecular formula is C11H16N3O2+. The summed E-state index contributed by atoms with van der Waals surface area (Å²) in [5.41, 5.74) is 1.84. The number of hydrogen-bond acceptors (Lipinski definition) is 3. The summed E-state index contributed by atoms with van der Waals surface area (Å²) in [7, 11) is 4.12. The second-order valence-electron chi connectivity index (χ2n) is 3.82. The van der Waals surface area contributed by atoms with Crippen LogP contribution in [0.15, 0.2) is 29.4 Å². The van der Waals surface area contributed by atoms with Gasteiger partial charge >= 0.3 is 0 Å². The molecule has 1 amide bonds. The molecule has 0 aliphatic heterocycles. The average Bonchev–Trinajstić information content (AvgIpc) is 2.17. The van der Waals surface area contributed by atoms with Gasteiger partial charge in [-0.05, 0) is 12.1 Å². The average molecular weight is 222 g/mol. The van der Waals surface area contributed by atoms with E-state index in [9.17, 15) is 4.79 Å². The number of quaternary nitrogens is 1. The number of anilines is 1. The molecule has 0 radical (unpaired) electrons. The highest BCUT2D eigenvalue weighted by Gasteiger charge is 2.02.